The van der Waals surface area contributed by atoms with Crippen molar-refractivity contribution in [1.29, 1.82) is 0 Å². The highest BCUT2D eigenvalue weighted by Gasteiger charge is 2.18. The number of carbonyl (C=O) groups is 2. The topological polar surface area (TPSA) is 85.1 Å². The number of amides is 2. The molecule has 5 nitrogen and oxygen atoms in total. The lowest BCUT2D eigenvalue weighted by molar-refractivity contribution is -0.119. The van der Waals surface area contributed by atoms with Crippen LogP contribution in [0.3, 0.4) is 0 Å². The van der Waals surface area contributed by atoms with Gasteiger partial charge in [-0.15, -0.1) is 6.58 Å². The van der Waals surface area contributed by atoms with E-state index in [0.717, 1.165) is 5.57 Å². The normalized spacial score (nSPS) is 11.6. The predicted molar refractivity (Wildman–Crippen MR) is 64.1 cm³/mol. The standard InChI is InChI=1S/C12H15N3O2/c1-8(2)6-10(11(13)16)15-12(17)9-4-3-5-14-7-9/h3-5,7,10H,1,6H2,2H3,(H2,13,16)(H,15,17)/t10-/m1/s1. The van der Waals surface area contributed by atoms with Crippen LogP contribution in [0.4, 0.5) is 0 Å². The zero-order chi connectivity index (χ0) is 12.8. The molecular formula is C12H15N3O2. The minimum absolute atomic E-state index is 0.335. The average molecular weight is 233 g/mol. The number of pyridine rings is 1. The number of hydrogen-bond donors (Lipinski definition) is 2. The molecule has 1 rings (SSSR count). The van der Waals surface area contributed by atoms with Crippen LogP contribution >= 0.6 is 0 Å². The van der Waals surface area contributed by atoms with Crippen molar-refractivity contribution in [3.63, 3.8) is 0 Å². The van der Waals surface area contributed by atoms with Gasteiger partial charge >= 0.3 is 0 Å². The summed E-state index contributed by atoms with van der Waals surface area (Å²) in [6.45, 7) is 5.46. The minimum Gasteiger partial charge on any atom is -0.368 e. The molecule has 0 aliphatic carbocycles. The summed E-state index contributed by atoms with van der Waals surface area (Å²) < 4.78 is 0. The van der Waals surface area contributed by atoms with Gasteiger partial charge in [0, 0.05) is 12.4 Å². The molecule has 1 aromatic rings. The van der Waals surface area contributed by atoms with Crippen LogP contribution in [0, 0.1) is 0 Å². The van der Waals surface area contributed by atoms with Gasteiger partial charge in [0.2, 0.25) is 5.91 Å². The van der Waals surface area contributed by atoms with E-state index < -0.39 is 11.9 Å². The van der Waals surface area contributed by atoms with Crippen LogP contribution < -0.4 is 11.1 Å². The molecule has 0 saturated carbocycles. The first-order valence-corrected chi connectivity index (χ1v) is 5.15. The average Bonchev–Trinajstić information content (AvgIpc) is 2.28. The largest absolute Gasteiger partial charge is 0.368 e. The maximum absolute atomic E-state index is 11.8. The Morgan fingerprint density at radius 3 is 2.76 bits per heavy atom. The number of carbonyl (C=O) groups excluding carboxylic acids is 2. The van der Waals surface area contributed by atoms with Crippen molar-refractivity contribution in [2.75, 3.05) is 0 Å². The molecule has 1 aromatic heterocycles. The van der Waals surface area contributed by atoms with E-state index in [1.54, 1.807) is 25.3 Å². The second-order valence-corrected chi connectivity index (χ2v) is 3.83. The fraction of sp³-hybridized carbons (Fsp3) is 0.250. The Kier molecular flexibility index (Phi) is 4.39. The number of aromatic nitrogens is 1. The minimum atomic E-state index is -0.736. The van der Waals surface area contributed by atoms with E-state index in [1.807, 2.05) is 0 Å². The Hall–Kier alpha value is -2.17. The van der Waals surface area contributed by atoms with Gasteiger partial charge in [0.25, 0.3) is 5.91 Å². The fourth-order valence-corrected chi connectivity index (χ4v) is 1.31. The van der Waals surface area contributed by atoms with E-state index in [2.05, 4.69) is 16.9 Å². The first-order valence-electron chi connectivity index (χ1n) is 5.15. The lowest BCUT2D eigenvalue weighted by atomic mass is 10.1. The molecule has 17 heavy (non-hydrogen) atoms. The van der Waals surface area contributed by atoms with Crippen molar-refractivity contribution in [2.24, 2.45) is 5.73 Å². The molecular weight excluding hydrogens is 218 g/mol. The van der Waals surface area contributed by atoms with Crippen LogP contribution in [-0.2, 0) is 4.79 Å². The Morgan fingerprint density at radius 2 is 2.29 bits per heavy atom. The van der Waals surface area contributed by atoms with Crippen molar-refractivity contribution in [3.05, 3.63) is 42.2 Å². The maximum atomic E-state index is 11.8. The Bertz CT molecular complexity index is 429. The lowest BCUT2D eigenvalue weighted by Crippen LogP contribution is -2.44. The quantitative estimate of drug-likeness (QED) is 0.731. The van der Waals surface area contributed by atoms with Gasteiger partial charge in [-0.1, -0.05) is 5.57 Å². The first kappa shape index (κ1) is 12.9. The molecule has 0 aliphatic rings. The summed E-state index contributed by atoms with van der Waals surface area (Å²) in [5.74, 6) is -0.951. The van der Waals surface area contributed by atoms with E-state index in [0.29, 0.717) is 12.0 Å². The van der Waals surface area contributed by atoms with Crippen LogP contribution in [0.25, 0.3) is 0 Å². The highest BCUT2D eigenvalue weighted by molar-refractivity contribution is 5.97. The fourth-order valence-electron chi connectivity index (χ4n) is 1.31. The molecule has 90 valence electrons. The summed E-state index contributed by atoms with van der Waals surface area (Å²) in [4.78, 5) is 26.7. The van der Waals surface area contributed by atoms with Crippen molar-refractivity contribution < 1.29 is 9.59 Å². The molecule has 1 heterocycles. The van der Waals surface area contributed by atoms with Gasteiger partial charge in [0.05, 0.1) is 5.56 Å². The number of hydrogen-bond acceptors (Lipinski definition) is 3. The van der Waals surface area contributed by atoms with Crippen molar-refractivity contribution in [3.8, 4) is 0 Å². The number of primary amides is 1. The van der Waals surface area contributed by atoms with Crippen LogP contribution in [0.15, 0.2) is 36.7 Å². The van der Waals surface area contributed by atoms with E-state index in [1.165, 1.54) is 6.20 Å². The zero-order valence-electron chi connectivity index (χ0n) is 9.64. The van der Waals surface area contributed by atoms with Crippen LogP contribution in [0.1, 0.15) is 23.7 Å². The monoisotopic (exact) mass is 233 g/mol. The molecule has 0 spiro atoms. The predicted octanol–water partition coefficient (Wildman–Crippen LogP) is 0.631. The summed E-state index contributed by atoms with van der Waals surface area (Å²) in [6.07, 6.45) is 3.33. The molecule has 1 atom stereocenters. The summed E-state index contributed by atoms with van der Waals surface area (Å²) in [6, 6.07) is 2.52. The highest BCUT2D eigenvalue weighted by Crippen LogP contribution is 2.03. The molecule has 0 saturated heterocycles. The Labute approximate surface area is 99.7 Å². The van der Waals surface area contributed by atoms with Crippen molar-refractivity contribution in [1.82, 2.24) is 10.3 Å². The van der Waals surface area contributed by atoms with Gasteiger partial charge in [0.15, 0.2) is 0 Å². The summed E-state index contributed by atoms with van der Waals surface area (Å²) in [5.41, 5.74) is 6.37. The lowest BCUT2D eigenvalue weighted by Gasteiger charge is -2.15. The third-order valence-corrected chi connectivity index (χ3v) is 2.13. The van der Waals surface area contributed by atoms with Crippen molar-refractivity contribution >= 4 is 11.8 Å². The molecule has 3 N–H and O–H groups in total. The van der Waals surface area contributed by atoms with Gasteiger partial charge in [-0.2, -0.15) is 0 Å². The van der Waals surface area contributed by atoms with E-state index >= 15 is 0 Å². The summed E-state index contributed by atoms with van der Waals surface area (Å²) in [5, 5.41) is 2.55. The molecule has 0 aromatic carbocycles. The molecule has 0 fully saturated rings. The third-order valence-electron chi connectivity index (χ3n) is 2.13. The van der Waals surface area contributed by atoms with Crippen LogP contribution in [-0.4, -0.2) is 22.8 Å². The second-order valence-electron chi connectivity index (χ2n) is 3.83. The zero-order valence-corrected chi connectivity index (χ0v) is 9.64. The number of rotatable bonds is 5. The van der Waals surface area contributed by atoms with Crippen molar-refractivity contribution in [2.45, 2.75) is 19.4 Å². The van der Waals surface area contributed by atoms with E-state index in [-0.39, 0.29) is 5.91 Å². The molecule has 2 amide bonds. The molecule has 5 heteroatoms. The third kappa shape index (κ3) is 4.06. The number of nitrogens with zero attached hydrogens (tertiary/aromatic N) is 1. The van der Waals surface area contributed by atoms with Gasteiger partial charge < -0.3 is 11.1 Å². The van der Waals surface area contributed by atoms with Gasteiger partial charge in [-0.3, -0.25) is 14.6 Å². The maximum Gasteiger partial charge on any atom is 0.253 e. The Balaban J connectivity index is 2.71. The first-order chi connectivity index (χ1) is 8.00. The summed E-state index contributed by atoms with van der Waals surface area (Å²) in [7, 11) is 0. The van der Waals surface area contributed by atoms with Gasteiger partial charge in [0.1, 0.15) is 6.04 Å². The molecule has 0 unspecified atom stereocenters. The summed E-state index contributed by atoms with van der Waals surface area (Å²) >= 11 is 0. The van der Waals surface area contributed by atoms with E-state index in [9.17, 15) is 9.59 Å². The number of nitrogens with one attached hydrogen (secondary N) is 1. The van der Waals surface area contributed by atoms with E-state index in [4.69, 9.17) is 5.73 Å². The molecule has 0 radical (unpaired) electrons. The Morgan fingerprint density at radius 1 is 1.59 bits per heavy atom. The van der Waals surface area contributed by atoms with Gasteiger partial charge in [-0.05, 0) is 25.5 Å². The smallest absolute Gasteiger partial charge is 0.253 e. The highest BCUT2D eigenvalue weighted by atomic mass is 16.2. The SMILES string of the molecule is C=C(C)C[C@@H](NC(=O)c1cccnc1)C(N)=O. The van der Waals surface area contributed by atoms with Crippen LogP contribution in [0.5, 0.6) is 0 Å². The van der Waals surface area contributed by atoms with Crippen LogP contribution in [0.2, 0.25) is 0 Å². The molecule has 0 aliphatic heterocycles. The molecule has 0 bridgehead atoms. The van der Waals surface area contributed by atoms with Gasteiger partial charge in [-0.25, -0.2) is 0 Å². The number of nitrogens with two attached hydrogens (primary N) is 1. The second kappa shape index (κ2) is 5.79.